The lowest BCUT2D eigenvalue weighted by Crippen LogP contribution is -2.36. The normalized spacial score (nSPS) is 31.8. The van der Waals surface area contributed by atoms with Crippen molar-refractivity contribution in [2.75, 3.05) is 12.5 Å². The number of hydrogen-bond acceptors (Lipinski definition) is 8. The first-order valence-corrected chi connectivity index (χ1v) is 8.44. The van der Waals surface area contributed by atoms with Crippen LogP contribution < -0.4 is 0 Å². The largest absolute Gasteiger partial charge is 0.450 e. The quantitative estimate of drug-likeness (QED) is 0.587. The van der Waals surface area contributed by atoms with Gasteiger partial charge in [0.05, 0.1) is 12.2 Å². The van der Waals surface area contributed by atoms with E-state index in [9.17, 15) is 19.8 Å². The molecule has 4 unspecified atom stereocenters. The highest BCUT2D eigenvalue weighted by atomic mass is 32.2. The van der Waals surface area contributed by atoms with Crippen molar-refractivity contribution in [1.29, 1.82) is 0 Å². The fraction of sp³-hybridized carbons (Fsp3) is 0.667. The van der Waals surface area contributed by atoms with E-state index in [1.165, 1.54) is 0 Å². The summed E-state index contributed by atoms with van der Waals surface area (Å²) in [6.07, 6.45) is 3.12. The lowest BCUT2D eigenvalue weighted by atomic mass is 9.97. The molecule has 0 bridgehead atoms. The molecule has 2 N–H and O–H groups in total. The van der Waals surface area contributed by atoms with Crippen LogP contribution in [0.2, 0.25) is 0 Å². The van der Waals surface area contributed by atoms with E-state index >= 15 is 0 Å². The molecule has 0 aromatic rings. The van der Waals surface area contributed by atoms with Gasteiger partial charge in [0.1, 0.15) is 12.2 Å². The van der Waals surface area contributed by atoms with Crippen molar-refractivity contribution >= 4 is 34.1 Å². The van der Waals surface area contributed by atoms with E-state index < -0.39 is 35.0 Å². The van der Waals surface area contributed by atoms with E-state index in [0.29, 0.717) is 0 Å². The molecule has 1 aliphatic carbocycles. The fourth-order valence-electron chi connectivity index (χ4n) is 1.71. The van der Waals surface area contributed by atoms with Crippen LogP contribution in [0.15, 0.2) is 12.2 Å². The van der Waals surface area contributed by atoms with Crippen molar-refractivity contribution in [3.63, 3.8) is 0 Å². The minimum atomic E-state index is -1.05. The molecule has 0 spiro atoms. The minimum absolute atomic E-state index is 0.104. The molecule has 6 nitrogen and oxygen atoms in total. The summed E-state index contributed by atoms with van der Waals surface area (Å²) in [6, 6.07) is 0. The van der Waals surface area contributed by atoms with Crippen LogP contribution in [0, 0.1) is 0 Å². The molecule has 1 aliphatic rings. The maximum absolute atomic E-state index is 11.2. The summed E-state index contributed by atoms with van der Waals surface area (Å²) in [5, 5.41) is 18.7. The molecule has 20 heavy (non-hydrogen) atoms. The molecule has 0 heterocycles. The summed E-state index contributed by atoms with van der Waals surface area (Å²) < 4.78 is 10.2. The van der Waals surface area contributed by atoms with Crippen LogP contribution in [0.5, 0.6) is 0 Å². The summed E-state index contributed by atoms with van der Waals surface area (Å²) >= 11 is 1.84. The van der Waals surface area contributed by atoms with Gasteiger partial charge < -0.3 is 19.7 Å². The van der Waals surface area contributed by atoms with E-state index in [1.54, 1.807) is 24.7 Å². The molecule has 4 atom stereocenters. The molecule has 0 saturated carbocycles. The van der Waals surface area contributed by atoms with Crippen molar-refractivity contribution in [2.45, 2.75) is 37.3 Å². The first kappa shape index (κ1) is 17.4. The number of aliphatic hydroxyl groups is 2. The van der Waals surface area contributed by atoms with Crippen LogP contribution in [0.4, 0.5) is 9.59 Å². The number of aliphatic hydroxyl groups excluding tert-OH is 2. The molecule has 1 rings (SSSR count). The van der Waals surface area contributed by atoms with Gasteiger partial charge in [0, 0.05) is 12.8 Å². The molecule has 0 radical (unpaired) electrons. The van der Waals surface area contributed by atoms with Crippen molar-refractivity contribution in [3.8, 4) is 0 Å². The average Bonchev–Trinajstić information content (AvgIpc) is 2.42. The van der Waals surface area contributed by atoms with E-state index in [2.05, 4.69) is 0 Å². The van der Waals surface area contributed by atoms with E-state index in [0.717, 1.165) is 23.5 Å². The number of ether oxygens (including phenoxy) is 2. The second-order valence-electron chi connectivity index (χ2n) is 4.21. The summed E-state index contributed by atoms with van der Waals surface area (Å²) in [7, 11) is 0. The Bertz CT molecular complexity index is 339. The van der Waals surface area contributed by atoms with Crippen LogP contribution in [0.3, 0.4) is 0 Å². The summed E-state index contributed by atoms with van der Waals surface area (Å²) in [5.41, 5.74) is 0. The van der Waals surface area contributed by atoms with E-state index in [1.807, 2.05) is 0 Å². The van der Waals surface area contributed by atoms with Crippen LogP contribution in [-0.4, -0.2) is 57.7 Å². The molecule has 0 fully saturated rings. The molecule has 114 valence electrons. The number of carbonyl (C=O) groups excluding carboxylic acids is 2. The number of rotatable bonds is 2. The van der Waals surface area contributed by atoms with Crippen LogP contribution >= 0.6 is 23.5 Å². The zero-order valence-corrected chi connectivity index (χ0v) is 12.9. The van der Waals surface area contributed by atoms with Crippen molar-refractivity contribution in [2.24, 2.45) is 0 Å². The van der Waals surface area contributed by atoms with Gasteiger partial charge in [-0.25, -0.2) is 9.59 Å². The predicted molar refractivity (Wildman–Crippen MR) is 78.0 cm³/mol. The fourth-order valence-corrected chi connectivity index (χ4v) is 2.15. The second kappa shape index (κ2) is 8.56. The van der Waals surface area contributed by atoms with Crippen molar-refractivity contribution in [1.82, 2.24) is 0 Å². The Hall–Kier alpha value is -0.700. The molecule has 0 aliphatic heterocycles. The summed E-state index contributed by atoms with van der Waals surface area (Å²) in [5.74, 6) is 0. The Balaban J connectivity index is 2.75. The third kappa shape index (κ3) is 5.74. The van der Waals surface area contributed by atoms with Crippen LogP contribution in [-0.2, 0) is 9.47 Å². The van der Waals surface area contributed by atoms with Gasteiger partial charge >= 0.3 is 10.6 Å². The molecule has 0 saturated heterocycles. The van der Waals surface area contributed by atoms with E-state index in [4.69, 9.17) is 9.47 Å². The molecule has 8 heteroatoms. The maximum atomic E-state index is 11.2. The Morgan fingerprint density at radius 3 is 1.60 bits per heavy atom. The molecule has 0 aromatic carbocycles. The van der Waals surface area contributed by atoms with Crippen LogP contribution in [0.1, 0.15) is 12.8 Å². The highest BCUT2D eigenvalue weighted by molar-refractivity contribution is 8.12. The van der Waals surface area contributed by atoms with Gasteiger partial charge in [-0.15, -0.1) is 0 Å². The number of carbonyl (C=O) groups is 2. The van der Waals surface area contributed by atoms with Gasteiger partial charge in [-0.2, -0.15) is 0 Å². The van der Waals surface area contributed by atoms with Crippen LogP contribution in [0.25, 0.3) is 0 Å². The Kier molecular flexibility index (Phi) is 7.42. The number of hydrogen-bond donors (Lipinski definition) is 2. The van der Waals surface area contributed by atoms with Gasteiger partial charge in [-0.3, -0.25) is 0 Å². The Morgan fingerprint density at radius 1 is 0.950 bits per heavy atom. The lowest BCUT2D eigenvalue weighted by molar-refractivity contribution is -0.0271. The number of thioether (sulfide) groups is 2. The van der Waals surface area contributed by atoms with Gasteiger partial charge in [0.25, 0.3) is 0 Å². The Labute approximate surface area is 125 Å². The highest BCUT2D eigenvalue weighted by Gasteiger charge is 2.28. The van der Waals surface area contributed by atoms with Crippen molar-refractivity contribution < 1.29 is 29.3 Å². The zero-order chi connectivity index (χ0) is 15.1. The predicted octanol–water partition coefficient (Wildman–Crippen LogP) is 1.79. The standard InChI is InChI=1S/C12H18O6S2/c1-19-11(15)17-7-3-4-8(18-12(16)20-2)6-10(14)9(13)5-7/h3-4,7-10,13-14H,5-6H2,1-2H3/b4-3+. The smallest absolute Gasteiger partial charge is 0.367 e. The third-order valence-corrected chi connectivity index (χ3v) is 3.62. The highest BCUT2D eigenvalue weighted by Crippen LogP contribution is 2.20. The summed E-state index contributed by atoms with van der Waals surface area (Å²) in [6.45, 7) is 0. The molecule has 0 amide bonds. The van der Waals surface area contributed by atoms with Gasteiger partial charge in [-0.1, -0.05) is 0 Å². The molecular weight excluding hydrogens is 304 g/mol. The monoisotopic (exact) mass is 322 g/mol. The Morgan fingerprint density at radius 2 is 1.30 bits per heavy atom. The van der Waals surface area contributed by atoms with Gasteiger partial charge in [0.2, 0.25) is 0 Å². The van der Waals surface area contributed by atoms with E-state index in [-0.39, 0.29) is 12.8 Å². The average molecular weight is 322 g/mol. The van der Waals surface area contributed by atoms with Crippen molar-refractivity contribution in [3.05, 3.63) is 12.2 Å². The third-order valence-electron chi connectivity index (χ3n) is 2.76. The molecular formula is C12H18O6S2. The van der Waals surface area contributed by atoms with Gasteiger partial charge in [-0.05, 0) is 48.2 Å². The maximum Gasteiger partial charge on any atom is 0.367 e. The SMILES string of the molecule is CSC(=O)OC1/C=C/C(OC(=O)SC)CC(O)C(O)C1. The first-order chi connectivity index (χ1) is 9.46. The zero-order valence-electron chi connectivity index (χ0n) is 11.2. The second-order valence-corrected chi connectivity index (χ2v) is 5.70. The topological polar surface area (TPSA) is 93.1 Å². The summed E-state index contributed by atoms with van der Waals surface area (Å²) in [4.78, 5) is 22.5. The molecule has 0 aromatic heterocycles. The first-order valence-electron chi connectivity index (χ1n) is 6.00. The lowest BCUT2D eigenvalue weighted by Gasteiger charge is -2.27. The van der Waals surface area contributed by atoms with Gasteiger partial charge in [0.15, 0.2) is 0 Å². The minimum Gasteiger partial charge on any atom is -0.450 e.